The second-order valence-corrected chi connectivity index (χ2v) is 8.89. The van der Waals surface area contributed by atoms with Crippen molar-refractivity contribution < 1.29 is 14.4 Å². The molecule has 1 fully saturated rings. The molecule has 0 spiro atoms. The molecule has 1 saturated heterocycles. The van der Waals surface area contributed by atoms with Gasteiger partial charge < -0.3 is 20.4 Å². The third-order valence-corrected chi connectivity index (χ3v) is 6.27. The number of nitrogens with one attached hydrogen (secondary N) is 2. The minimum Gasteiger partial charge on any atom is -0.340 e. The van der Waals surface area contributed by atoms with Gasteiger partial charge in [0.2, 0.25) is 5.91 Å². The SMILES string of the molecule is CCC(C)C(NC(=O)c1ccc(C)cc1)C(=O)N1CCN(C(=O)Nc2cccc(Cl)c2)CC1. The minimum atomic E-state index is -0.615. The Kier molecular flexibility index (Phi) is 8.33. The number of nitrogens with zero attached hydrogens (tertiary/aromatic N) is 2. The van der Waals surface area contributed by atoms with Crippen molar-refractivity contribution in [2.75, 3.05) is 31.5 Å². The quantitative estimate of drug-likeness (QED) is 0.664. The molecule has 0 radical (unpaired) electrons. The molecule has 2 aromatic rings. The number of carbonyl (C=O) groups excluding carboxylic acids is 3. The second-order valence-electron chi connectivity index (χ2n) is 8.46. The molecule has 1 heterocycles. The molecular formula is C25H31ClN4O3. The van der Waals surface area contributed by atoms with Crippen LogP contribution in [0.15, 0.2) is 48.5 Å². The van der Waals surface area contributed by atoms with Crippen LogP contribution in [0, 0.1) is 12.8 Å². The average Bonchev–Trinajstić information content (AvgIpc) is 2.82. The van der Waals surface area contributed by atoms with Gasteiger partial charge in [-0.25, -0.2) is 4.79 Å². The Labute approximate surface area is 200 Å². The monoisotopic (exact) mass is 470 g/mol. The molecule has 0 aliphatic carbocycles. The van der Waals surface area contributed by atoms with Crippen molar-refractivity contribution >= 4 is 35.1 Å². The molecule has 0 saturated carbocycles. The van der Waals surface area contributed by atoms with Gasteiger partial charge in [0.1, 0.15) is 6.04 Å². The maximum absolute atomic E-state index is 13.3. The minimum absolute atomic E-state index is 0.0175. The van der Waals surface area contributed by atoms with Gasteiger partial charge in [0.15, 0.2) is 0 Å². The predicted molar refractivity (Wildman–Crippen MR) is 131 cm³/mol. The maximum atomic E-state index is 13.3. The normalized spacial score (nSPS) is 15.5. The summed E-state index contributed by atoms with van der Waals surface area (Å²) >= 11 is 5.98. The van der Waals surface area contributed by atoms with Gasteiger partial charge in [-0.1, -0.05) is 55.6 Å². The Morgan fingerprint density at radius 2 is 1.64 bits per heavy atom. The molecule has 1 aliphatic rings. The van der Waals surface area contributed by atoms with Gasteiger partial charge in [-0.05, 0) is 43.2 Å². The molecule has 0 aromatic heterocycles. The highest BCUT2D eigenvalue weighted by Crippen LogP contribution is 2.17. The first-order valence-electron chi connectivity index (χ1n) is 11.3. The molecule has 2 unspecified atom stereocenters. The highest BCUT2D eigenvalue weighted by Gasteiger charge is 2.32. The third-order valence-electron chi connectivity index (χ3n) is 6.03. The van der Waals surface area contributed by atoms with Crippen LogP contribution in [0.2, 0.25) is 5.02 Å². The van der Waals surface area contributed by atoms with E-state index < -0.39 is 6.04 Å². The summed E-state index contributed by atoms with van der Waals surface area (Å²) in [5.41, 5.74) is 2.23. The molecule has 7 nitrogen and oxygen atoms in total. The van der Waals surface area contributed by atoms with Crippen LogP contribution in [0.1, 0.15) is 36.2 Å². The van der Waals surface area contributed by atoms with Gasteiger partial charge in [0, 0.05) is 42.5 Å². The number of benzene rings is 2. The van der Waals surface area contributed by atoms with Gasteiger partial charge in [-0.15, -0.1) is 0 Å². The van der Waals surface area contributed by atoms with E-state index in [0.717, 1.165) is 12.0 Å². The van der Waals surface area contributed by atoms with E-state index in [4.69, 9.17) is 11.6 Å². The van der Waals surface area contributed by atoms with E-state index in [1.165, 1.54) is 0 Å². The van der Waals surface area contributed by atoms with E-state index in [1.807, 2.05) is 32.9 Å². The van der Waals surface area contributed by atoms with Crippen molar-refractivity contribution in [1.29, 1.82) is 0 Å². The van der Waals surface area contributed by atoms with E-state index in [9.17, 15) is 14.4 Å². The lowest BCUT2D eigenvalue weighted by Crippen LogP contribution is -2.57. The number of hydrogen-bond acceptors (Lipinski definition) is 3. The predicted octanol–water partition coefficient (Wildman–Crippen LogP) is 4.17. The summed E-state index contributed by atoms with van der Waals surface area (Å²) < 4.78 is 0. The molecule has 2 N–H and O–H groups in total. The Morgan fingerprint density at radius 3 is 2.24 bits per heavy atom. The van der Waals surface area contributed by atoms with E-state index in [1.54, 1.807) is 46.2 Å². The molecule has 4 amide bonds. The van der Waals surface area contributed by atoms with E-state index in [2.05, 4.69) is 10.6 Å². The summed E-state index contributed by atoms with van der Waals surface area (Å²) in [4.78, 5) is 42.0. The summed E-state index contributed by atoms with van der Waals surface area (Å²) in [6, 6.07) is 13.4. The van der Waals surface area contributed by atoms with Gasteiger partial charge >= 0.3 is 6.03 Å². The molecule has 0 bridgehead atoms. The van der Waals surface area contributed by atoms with Crippen LogP contribution in [0.3, 0.4) is 0 Å². The van der Waals surface area contributed by atoms with Gasteiger partial charge in [-0.3, -0.25) is 9.59 Å². The number of hydrogen-bond donors (Lipinski definition) is 2. The van der Waals surface area contributed by atoms with Crippen molar-refractivity contribution in [2.24, 2.45) is 5.92 Å². The Morgan fingerprint density at radius 1 is 1.00 bits per heavy atom. The van der Waals surface area contributed by atoms with Crippen LogP contribution in [-0.2, 0) is 4.79 Å². The van der Waals surface area contributed by atoms with E-state index in [-0.39, 0.29) is 23.8 Å². The fourth-order valence-corrected chi connectivity index (χ4v) is 3.90. The zero-order valence-electron chi connectivity index (χ0n) is 19.3. The summed E-state index contributed by atoms with van der Waals surface area (Å²) in [6.07, 6.45) is 0.757. The van der Waals surface area contributed by atoms with Crippen molar-refractivity contribution in [3.05, 3.63) is 64.7 Å². The van der Waals surface area contributed by atoms with Gasteiger partial charge in [0.05, 0.1) is 0 Å². The van der Waals surface area contributed by atoms with Gasteiger partial charge in [0.25, 0.3) is 5.91 Å². The summed E-state index contributed by atoms with van der Waals surface area (Å²) in [5, 5.41) is 6.32. The molecule has 8 heteroatoms. The molecule has 33 heavy (non-hydrogen) atoms. The highest BCUT2D eigenvalue weighted by atomic mass is 35.5. The van der Waals surface area contributed by atoms with Crippen LogP contribution in [0.5, 0.6) is 0 Å². The van der Waals surface area contributed by atoms with Crippen LogP contribution < -0.4 is 10.6 Å². The lowest BCUT2D eigenvalue weighted by Gasteiger charge is -2.37. The Hall–Kier alpha value is -3.06. The molecule has 176 valence electrons. The van der Waals surface area contributed by atoms with E-state index >= 15 is 0 Å². The first kappa shape index (κ1) is 24.6. The number of halogens is 1. The number of aryl methyl sites for hydroxylation is 1. The number of anilines is 1. The topological polar surface area (TPSA) is 81.8 Å². The smallest absolute Gasteiger partial charge is 0.321 e. The largest absolute Gasteiger partial charge is 0.340 e. The zero-order valence-corrected chi connectivity index (χ0v) is 20.1. The number of urea groups is 1. The Balaban J connectivity index is 1.59. The summed E-state index contributed by atoms with van der Waals surface area (Å²) in [5.74, 6) is -0.385. The zero-order chi connectivity index (χ0) is 24.0. The molecule has 2 atom stereocenters. The second kappa shape index (κ2) is 11.2. The highest BCUT2D eigenvalue weighted by molar-refractivity contribution is 6.30. The number of amides is 4. The number of piperazine rings is 1. The van der Waals surface area contributed by atoms with Gasteiger partial charge in [-0.2, -0.15) is 0 Å². The average molecular weight is 471 g/mol. The van der Waals surface area contributed by atoms with Crippen LogP contribution in [0.25, 0.3) is 0 Å². The first-order valence-corrected chi connectivity index (χ1v) is 11.6. The summed E-state index contributed by atoms with van der Waals surface area (Å²) in [6.45, 7) is 7.58. The molecule has 3 rings (SSSR count). The molecular weight excluding hydrogens is 440 g/mol. The number of rotatable bonds is 6. The maximum Gasteiger partial charge on any atom is 0.321 e. The van der Waals surface area contributed by atoms with Crippen molar-refractivity contribution in [3.8, 4) is 0 Å². The third kappa shape index (κ3) is 6.48. The van der Waals surface area contributed by atoms with E-state index in [0.29, 0.717) is 42.5 Å². The van der Waals surface area contributed by atoms with Crippen LogP contribution in [0.4, 0.5) is 10.5 Å². The Bertz CT molecular complexity index is 987. The standard InChI is InChI=1S/C25H31ClN4O3/c1-4-18(3)22(28-23(31)19-10-8-17(2)9-11-19)24(32)29-12-14-30(15-13-29)25(33)27-21-7-5-6-20(26)16-21/h5-11,16,18,22H,4,12-15H2,1-3H3,(H,27,33)(H,28,31). The van der Waals surface area contributed by atoms with Crippen LogP contribution in [-0.4, -0.2) is 59.9 Å². The lowest BCUT2D eigenvalue weighted by atomic mass is 9.97. The fraction of sp³-hybridized carbons (Fsp3) is 0.400. The summed E-state index contributed by atoms with van der Waals surface area (Å²) in [7, 11) is 0. The van der Waals surface area contributed by atoms with Crippen LogP contribution >= 0.6 is 11.6 Å². The van der Waals surface area contributed by atoms with Crippen molar-refractivity contribution in [2.45, 2.75) is 33.2 Å². The lowest BCUT2D eigenvalue weighted by molar-refractivity contribution is -0.135. The fourth-order valence-electron chi connectivity index (χ4n) is 3.71. The molecule has 1 aliphatic heterocycles. The molecule has 2 aromatic carbocycles. The first-order chi connectivity index (χ1) is 15.8. The van der Waals surface area contributed by atoms with Crippen molar-refractivity contribution in [1.82, 2.24) is 15.1 Å². The number of carbonyl (C=O) groups is 3. The van der Waals surface area contributed by atoms with Crippen molar-refractivity contribution in [3.63, 3.8) is 0 Å².